The van der Waals surface area contributed by atoms with Gasteiger partial charge in [-0.25, -0.2) is 4.39 Å². The van der Waals surface area contributed by atoms with Gasteiger partial charge in [0.25, 0.3) is 0 Å². The molecule has 0 aliphatic heterocycles. The van der Waals surface area contributed by atoms with Crippen molar-refractivity contribution in [1.82, 2.24) is 0 Å². The van der Waals surface area contributed by atoms with Crippen LogP contribution in [0.5, 0.6) is 0 Å². The molecule has 0 aliphatic carbocycles. The molecule has 0 radical (unpaired) electrons. The van der Waals surface area contributed by atoms with Gasteiger partial charge in [0.15, 0.2) is 0 Å². The zero-order chi connectivity index (χ0) is 13.1. The van der Waals surface area contributed by atoms with Crippen LogP contribution in [-0.2, 0) is 6.42 Å². The molecular formula is C15H15ClFN. The third-order valence-corrected chi connectivity index (χ3v) is 2.99. The maximum absolute atomic E-state index is 13.7. The second kappa shape index (κ2) is 5.51. The number of rotatable bonds is 3. The Hall–Kier alpha value is -1.38. The number of nitrogens with two attached hydrogens (primary N) is 1. The Balaban J connectivity index is 2.31. The topological polar surface area (TPSA) is 26.0 Å². The Morgan fingerprint density at radius 3 is 2.44 bits per heavy atom. The predicted molar refractivity (Wildman–Crippen MR) is 74.2 cm³/mol. The van der Waals surface area contributed by atoms with Gasteiger partial charge in [0.05, 0.1) is 0 Å². The van der Waals surface area contributed by atoms with Gasteiger partial charge in [0, 0.05) is 16.6 Å². The Morgan fingerprint density at radius 2 is 1.83 bits per heavy atom. The summed E-state index contributed by atoms with van der Waals surface area (Å²) in [6.07, 6.45) is 0.818. The van der Waals surface area contributed by atoms with Gasteiger partial charge in [0.1, 0.15) is 5.82 Å². The summed E-state index contributed by atoms with van der Waals surface area (Å²) in [5, 5.41) is 0.533. The van der Waals surface area contributed by atoms with Crippen molar-refractivity contribution in [1.29, 1.82) is 0 Å². The normalized spacial score (nSPS) is 12.4. The maximum Gasteiger partial charge on any atom is 0.131 e. The molecule has 18 heavy (non-hydrogen) atoms. The van der Waals surface area contributed by atoms with Crippen molar-refractivity contribution in [2.75, 3.05) is 0 Å². The first-order valence-corrected chi connectivity index (χ1v) is 6.24. The third kappa shape index (κ3) is 3.09. The monoisotopic (exact) mass is 263 g/mol. The standard InChI is InChI=1S/C15H15ClFN/c1-10(18)8-11-2-4-12(5-3-11)14-9-13(16)6-7-15(14)17/h2-7,9-10H,8,18H2,1H3. The molecule has 0 aliphatic rings. The molecular weight excluding hydrogens is 249 g/mol. The first-order chi connectivity index (χ1) is 8.56. The molecule has 0 saturated carbocycles. The van der Waals surface area contributed by atoms with Gasteiger partial charge in [0.2, 0.25) is 0 Å². The summed E-state index contributed by atoms with van der Waals surface area (Å²) in [5.74, 6) is -0.264. The fourth-order valence-corrected chi connectivity index (χ4v) is 2.08. The molecule has 1 atom stereocenters. The summed E-state index contributed by atoms with van der Waals surface area (Å²) in [5.41, 5.74) is 8.23. The second-order valence-corrected chi connectivity index (χ2v) is 4.94. The Kier molecular flexibility index (Phi) is 4.00. The maximum atomic E-state index is 13.7. The molecule has 2 aromatic carbocycles. The largest absolute Gasteiger partial charge is 0.328 e. The zero-order valence-electron chi connectivity index (χ0n) is 10.2. The SMILES string of the molecule is CC(N)Cc1ccc(-c2cc(Cl)ccc2F)cc1. The van der Waals surface area contributed by atoms with Crippen LogP contribution in [0.1, 0.15) is 12.5 Å². The summed E-state index contributed by atoms with van der Waals surface area (Å²) in [4.78, 5) is 0. The van der Waals surface area contributed by atoms with Crippen LogP contribution in [0.4, 0.5) is 4.39 Å². The average molecular weight is 264 g/mol. The van der Waals surface area contributed by atoms with Crippen LogP contribution in [-0.4, -0.2) is 6.04 Å². The van der Waals surface area contributed by atoms with Crippen LogP contribution in [0.15, 0.2) is 42.5 Å². The van der Waals surface area contributed by atoms with E-state index in [1.165, 1.54) is 6.07 Å². The molecule has 2 aromatic rings. The molecule has 0 aromatic heterocycles. The smallest absolute Gasteiger partial charge is 0.131 e. The minimum Gasteiger partial charge on any atom is -0.328 e. The van der Waals surface area contributed by atoms with E-state index in [-0.39, 0.29) is 11.9 Å². The number of hydrogen-bond acceptors (Lipinski definition) is 1. The van der Waals surface area contributed by atoms with Gasteiger partial charge < -0.3 is 5.73 Å². The van der Waals surface area contributed by atoms with E-state index in [2.05, 4.69) is 0 Å². The van der Waals surface area contributed by atoms with Crippen molar-refractivity contribution in [2.24, 2.45) is 5.73 Å². The van der Waals surface area contributed by atoms with Crippen LogP contribution >= 0.6 is 11.6 Å². The van der Waals surface area contributed by atoms with Crippen LogP contribution in [0, 0.1) is 5.82 Å². The molecule has 0 heterocycles. The van der Waals surface area contributed by atoms with Gasteiger partial charge in [-0.05, 0) is 42.7 Å². The number of halogens is 2. The highest BCUT2D eigenvalue weighted by Crippen LogP contribution is 2.26. The number of benzene rings is 2. The van der Waals surface area contributed by atoms with Gasteiger partial charge in [-0.1, -0.05) is 35.9 Å². The molecule has 0 saturated heterocycles. The molecule has 0 bridgehead atoms. The Labute approximate surface area is 111 Å². The van der Waals surface area contributed by atoms with Crippen LogP contribution in [0.3, 0.4) is 0 Å². The van der Waals surface area contributed by atoms with Crippen molar-refractivity contribution in [3.05, 3.63) is 58.9 Å². The van der Waals surface area contributed by atoms with Gasteiger partial charge in [-0.15, -0.1) is 0 Å². The van der Waals surface area contributed by atoms with Crippen LogP contribution in [0.2, 0.25) is 5.02 Å². The quantitative estimate of drug-likeness (QED) is 0.889. The van der Waals surface area contributed by atoms with Crippen molar-refractivity contribution >= 4 is 11.6 Å². The lowest BCUT2D eigenvalue weighted by atomic mass is 10.0. The van der Waals surface area contributed by atoms with Crippen molar-refractivity contribution in [3.63, 3.8) is 0 Å². The van der Waals surface area contributed by atoms with Crippen molar-refractivity contribution < 1.29 is 4.39 Å². The van der Waals surface area contributed by atoms with E-state index in [4.69, 9.17) is 17.3 Å². The molecule has 94 valence electrons. The third-order valence-electron chi connectivity index (χ3n) is 2.75. The summed E-state index contributed by atoms with van der Waals surface area (Å²) in [6.45, 7) is 1.96. The fourth-order valence-electron chi connectivity index (χ4n) is 1.91. The molecule has 1 unspecified atom stereocenters. The van der Waals surface area contributed by atoms with Crippen molar-refractivity contribution in [2.45, 2.75) is 19.4 Å². The highest BCUT2D eigenvalue weighted by molar-refractivity contribution is 6.30. The average Bonchev–Trinajstić information content (AvgIpc) is 2.33. The lowest BCUT2D eigenvalue weighted by Gasteiger charge is -2.08. The van der Waals surface area contributed by atoms with Gasteiger partial charge in [-0.3, -0.25) is 0 Å². The second-order valence-electron chi connectivity index (χ2n) is 4.50. The fraction of sp³-hybridized carbons (Fsp3) is 0.200. The van der Waals surface area contributed by atoms with Crippen LogP contribution in [0.25, 0.3) is 11.1 Å². The minimum atomic E-state index is -0.264. The molecule has 2 rings (SSSR count). The van der Waals surface area contributed by atoms with E-state index in [0.29, 0.717) is 10.6 Å². The summed E-state index contributed by atoms with van der Waals surface area (Å²) in [7, 11) is 0. The zero-order valence-corrected chi connectivity index (χ0v) is 10.9. The first kappa shape index (κ1) is 13.1. The van der Waals surface area contributed by atoms with E-state index in [9.17, 15) is 4.39 Å². The molecule has 2 N–H and O–H groups in total. The molecule has 0 amide bonds. The first-order valence-electron chi connectivity index (χ1n) is 5.86. The van der Waals surface area contributed by atoms with E-state index in [1.807, 2.05) is 31.2 Å². The van der Waals surface area contributed by atoms with Crippen molar-refractivity contribution in [3.8, 4) is 11.1 Å². The van der Waals surface area contributed by atoms with Gasteiger partial charge in [-0.2, -0.15) is 0 Å². The van der Waals surface area contributed by atoms with Gasteiger partial charge >= 0.3 is 0 Å². The highest BCUT2D eigenvalue weighted by Gasteiger charge is 2.06. The number of hydrogen-bond donors (Lipinski definition) is 1. The lowest BCUT2D eigenvalue weighted by molar-refractivity contribution is 0.631. The summed E-state index contributed by atoms with van der Waals surface area (Å²) >= 11 is 5.88. The molecule has 3 heteroatoms. The van der Waals surface area contributed by atoms with Crippen LogP contribution < -0.4 is 5.73 Å². The summed E-state index contributed by atoms with van der Waals surface area (Å²) in [6, 6.07) is 12.4. The van der Waals surface area contributed by atoms with E-state index >= 15 is 0 Å². The molecule has 0 fully saturated rings. The van der Waals surface area contributed by atoms with E-state index < -0.39 is 0 Å². The lowest BCUT2D eigenvalue weighted by Crippen LogP contribution is -2.17. The minimum absolute atomic E-state index is 0.124. The van der Waals surface area contributed by atoms with E-state index in [0.717, 1.165) is 17.5 Å². The highest BCUT2D eigenvalue weighted by atomic mass is 35.5. The molecule has 0 spiro atoms. The van der Waals surface area contributed by atoms with E-state index in [1.54, 1.807) is 12.1 Å². The molecule has 1 nitrogen and oxygen atoms in total. The Morgan fingerprint density at radius 1 is 1.17 bits per heavy atom. The Bertz CT molecular complexity index is 535. The summed E-state index contributed by atoms with van der Waals surface area (Å²) < 4.78 is 13.7. The predicted octanol–water partition coefficient (Wildman–Crippen LogP) is 4.04.